The number of aliphatic hydroxyl groups is 4. The number of aliphatic hydroxyl groups excluding tert-OH is 4. The van der Waals surface area contributed by atoms with Gasteiger partial charge in [0.05, 0.1) is 13.2 Å². The van der Waals surface area contributed by atoms with Gasteiger partial charge in [0.1, 0.15) is 31.0 Å². The number of allylic oxidation sites excluding steroid dienone is 6. The molecular formula is C47H84O10. The normalized spacial score (nSPS) is 20.6. The van der Waals surface area contributed by atoms with Crippen LogP contribution in [0.1, 0.15) is 194 Å². The van der Waals surface area contributed by atoms with Crippen LogP contribution < -0.4 is 0 Å². The number of rotatable bonds is 38. The number of unbranched alkanes of at least 4 members (excludes halogenated alkanes) is 21. The topological polar surface area (TPSA) is 152 Å². The number of hydrogen-bond donors (Lipinski definition) is 4. The maximum absolute atomic E-state index is 12.8. The van der Waals surface area contributed by atoms with Crippen LogP contribution in [0.3, 0.4) is 0 Å². The Morgan fingerprint density at radius 3 is 1.51 bits per heavy atom. The van der Waals surface area contributed by atoms with Crippen molar-refractivity contribution in [3.05, 3.63) is 36.5 Å². The minimum absolute atomic E-state index is 0.213. The summed E-state index contributed by atoms with van der Waals surface area (Å²) in [4.78, 5) is 25.3. The number of ether oxygens (including phenoxy) is 4. The average molecular weight is 809 g/mol. The SMILES string of the molecule is CCCCC/C=C\C/C=C\CCCCCCCC(=O)OC(COC(=O)CCCCCCCCC/C=C\CCCCCCCC)COC1OC(CO)C(O)C(O)C1O. The molecule has 0 radical (unpaired) electrons. The molecule has 1 saturated heterocycles. The van der Waals surface area contributed by atoms with Gasteiger partial charge in [0.15, 0.2) is 12.4 Å². The number of carbonyl (C=O) groups is 2. The van der Waals surface area contributed by atoms with Crippen LogP contribution >= 0.6 is 0 Å². The van der Waals surface area contributed by atoms with Gasteiger partial charge in [-0.2, -0.15) is 0 Å². The van der Waals surface area contributed by atoms with Crippen molar-refractivity contribution in [3.63, 3.8) is 0 Å². The fourth-order valence-corrected chi connectivity index (χ4v) is 6.80. The number of carbonyl (C=O) groups excluding carboxylic acids is 2. The fraction of sp³-hybridized carbons (Fsp3) is 0.830. The minimum Gasteiger partial charge on any atom is -0.462 e. The molecule has 0 bridgehead atoms. The molecule has 10 nitrogen and oxygen atoms in total. The van der Waals surface area contributed by atoms with Gasteiger partial charge < -0.3 is 39.4 Å². The van der Waals surface area contributed by atoms with Crippen molar-refractivity contribution < 1.29 is 49.0 Å². The summed E-state index contributed by atoms with van der Waals surface area (Å²) < 4.78 is 22.2. The summed E-state index contributed by atoms with van der Waals surface area (Å²) in [5.41, 5.74) is 0. The Labute approximate surface area is 346 Å². The first kappa shape index (κ1) is 52.9. The van der Waals surface area contributed by atoms with Crippen LogP contribution in [0.25, 0.3) is 0 Å². The summed E-state index contributed by atoms with van der Waals surface area (Å²) >= 11 is 0. The third-order valence-corrected chi connectivity index (χ3v) is 10.5. The zero-order valence-electron chi connectivity index (χ0n) is 36.1. The second-order valence-corrected chi connectivity index (χ2v) is 15.8. The predicted molar refractivity (Wildman–Crippen MR) is 229 cm³/mol. The van der Waals surface area contributed by atoms with Gasteiger partial charge in [-0.15, -0.1) is 0 Å². The van der Waals surface area contributed by atoms with E-state index in [-0.39, 0.29) is 32.0 Å². The molecule has 0 aliphatic carbocycles. The van der Waals surface area contributed by atoms with Crippen LogP contribution in [-0.2, 0) is 28.5 Å². The molecule has 0 aromatic carbocycles. The lowest BCUT2D eigenvalue weighted by molar-refractivity contribution is -0.305. The Hall–Kier alpha value is -2.08. The molecule has 0 spiro atoms. The van der Waals surface area contributed by atoms with E-state index in [1.54, 1.807) is 0 Å². The van der Waals surface area contributed by atoms with Crippen molar-refractivity contribution in [2.75, 3.05) is 19.8 Å². The molecule has 4 N–H and O–H groups in total. The van der Waals surface area contributed by atoms with Crippen molar-refractivity contribution in [2.24, 2.45) is 0 Å². The van der Waals surface area contributed by atoms with Gasteiger partial charge >= 0.3 is 11.9 Å². The molecule has 1 aliphatic heterocycles. The van der Waals surface area contributed by atoms with Gasteiger partial charge in [-0.25, -0.2) is 0 Å². The number of esters is 2. The molecule has 57 heavy (non-hydrogen) atoms. The third-order valence-electron chi connectivity index (χ3n) is 10.5. The molecule has 6 unspecified atom stereocenters. The Balaban J connectivity index is 2.33. The van der Waals surface area contributed by atoms with Gasteiger partial charge in [-0.1, -0.05) is 147 Å². The summed E-state index contributed by atoms with van der Waals surface area (Å²) in [6.45, 7) is 3.38. The molecule has 0 saturated carbocycles. The first-order valence-electron chi connectivity index (χ1n) is 23.1. The van der Waals surface area contributed by atoms with E-state index < -0.39 is 49.4 Å². The molecule has 0 aromatic rings. The summed E-state index contributed by atoms with van der Waals surface area (Å²) in [7, 11) is 0. The van der Waals surface area contributed by atoms with Gasteiger partial charge in [-0.05, 0) is 70.6 Å². The van der Waals surface area contributed by atoms with E-state index in [2.05, 4.69) is 50.3 Å². The lowest BCUT2D eigenvalue weighted by Crippen LogP contribution is -2.59. The summed E-state index contributed by atoms with van der Waals surface area (Å²) in [6, 6.07) is 0. The molecule has 1 rings (SSSR count). The van der Waals surface area contributed by atoms with E-state index in [0.29, 0.717) is 6.42 Å². The molecular weight excluding hydrogens is 725 g/mol. The Morgan fingerprint density at radius 1 is 0.544 bits per heavy atom. The highest BCUT2D eigenvalue weighted by molar-refractivity contribution is 5.70. The predicted octanol–water partition coefficient (Wildman–Crippen LogP) is 9.89. The van der Waals surface area contributed by atoms with E-state index in [4.69, 9.17) is 18.9 Å². The average Bonchev–Trinajstić information content (AvgIpc) is 3.21. The highest BCUT2D eigenvalue weighted by Crippen LogP contribution is 2.22. The summed E-state index contributed by atoms with van der Waals surface area (Å²) in [5, 5.41) is 40.1. The van der Waals surface area contributed by atoms with Gasteiger partial charge in [0.2, 0.25) is 0 Å². The summed E-state index contributed by atoms with van der Waals surface area (Å²) in [6.07, 6.45) is 35.7. The van der Waals surface area contributed by atoms with Crippen molar-refractivity contribution in [2.45, 2.75) is 230 Å². The molecule has 6 atom stereocenters. The largest absolute Gasteiger partial charge is 0.462 e. The van der Waals surface area contributed by atoms with Crippen molar-refractivity contribution in [3.8, 4) is 0 Å². The van der Waals surface area contributed by atoms with Crippen molar-refractivity contribution in [1.82, 2.24) is 0 Å². The molecule has 1 heterocycles. The smallest absolute Gasteiger partial charge is 0.306 e. The van der Waals surface area contributed by atoms with Crippen LogP contribution in [0.15, 0.2) is 36.5 Å². The van der Waals surface area contributed by atoms with E-state index in [9.17, 15) is 30.0 Å². The second-order valence-electron chi connectivity index (χ2n) is 15.8. The van der Waals surface area contributed by atoms with Crippen molar-refractivity contribution >= 4 is 11.9 Å². The summed E-state index contributed by atoms with van der Waals surface area (Å²) in [5.74, 6) is -0.825. The Bertz CT molecular complexity index is 1030. The Kier molecular flexibility index (Phi) is 35.4. The van der Waals surface area contributed by atoms with Crippen LogP contribution in [-0.4, -0.2) is 89.0 Å². The highest BCUT2D eigenvalue weighted by Gasteiger charge is 2.44. The lowest BCUT2D eigenvalue weighted by atomic mass is 9.99. The third kappa shape index (κ3) is 29.7. The number of hydrogen-bond acceptors (Lipinski definition) is 10. The van der Waals surface area contributed by atoms with E-state index in [1.807, 2.05) is 0 Å². The van der Waals surface area contributed by atoms with Gasteiger partial charge in [0, 0.05) is 12.8 Å². The molecule has 1 aliphatic rings. The maximum atomic E-state index is 12.8. The maximum Gasteiger partial charge on any atom is 0.306 e. The first-order valence-corrected chi connectivity index (χ1v) is 23.1. The fourth-order valence-electron chi connectivity index (χ4n) is 6.80. The molecule has 0 aromatic heterocycles. The minimum atomic E-state index is -1.60. The van der Waals surface area contributed by atoms with Crippen LogP contribution in [0.4, 0.5) is 0 Å². The van der Waals surface area contributed by atoms with Crippen LogP contribution in [0.2, 0.25) is 0 Å². The van der Waals surface area contributed by atoms with Crippen LogP contribution in [0, 0.1) is 0 Å². The van der Waals surface area contributed by atoms with E-state index in [1.165, 1.54) is 83.5 Å². The first-order chi connectivity index (χ1) is 27.8. The molecule has 0 amide bonds. The lowest BCUT2D eigenvalue weighted by Gasteiger charge is -2.39. The quantitative estimate of drug-likeness (QED) is 0.0270. The van der Waals surface area contributed by atoms with E-state index >= 15 is 0 Å². The van der Waals surface area contributed by atoms with Crippen molar-refractivity contribution in [1.29, 1.82) is 0 Å². The molecule has 1 fully saturated rings. The second kappa shape index (κ2) is 38.1. The monoisotopic (exact) mass is 809 g/mol. The molecule has 332 valence electrons. The Morgan fingerprint density at radius 2 is 0.982 bits per heavy atom. The standard InChI is InChI=1S/C47H84O10/c1-3-5-7-9-11-13-15-17-19-20-22-23-25-27-29-31-33-35-42(49)54-38-40(39-55-47-46(53)45(52)44(51)41(37-48)57-47)56-43(50)36-34-32-30-28-26-24-21-18-16-14-12-10-8-6-4-2/h12,14,17-19,21,40-41,44-48,51-53H,3-11,13,15-16,20,22-39H2,1-2H3/b14-12-,19-17-,21-18-. The highest BCUT2D eigenvalue weighted by atomic mass is 16.7. The molecule has 10 heteroatoms. The van der Waals surface area contributed by atoms with Gasteiger partial charge in [-0.3, -0.25) is 9.59 Å². The van der Waals surface area contributed by atoms with Crippen LogP contribution in [0.5, 0.6) is 0 Å². The van der Waals surface area contributed by atoms with Gasteiger partial charge in [0.25, 0.3) is 0 Å². The zero-order valence-corrected chi connectivity index (χ0v) is 36.1. The zero-order chi connectivity index (χ0) is 41.6. The van der Waals surface area contributed by atoms with E-state index in [0.717, 1.165) is 77.0 Å².